The van der Waals surface area contributed by atoms with Crippen molar-refractivity contribution in [3.05, 3.63) is 47.3 Å². The summed E-state index contributed by atoms with van der Waals surface area (Å²) in [6.45, 7) is 0. The first-order valence-electron chi connectivity index (χ1n) is 6.78. The molecule has 0 bridgehead atoms. The molecule has 0 aliphatic heterocycles. The van der Waals surface area contributed by atoms with E-state index < -0.39 is 0 Å². The van der Waals surface area contributed by atoms with E-state index in [4.69, 9.17) is 9.47 Å². The summed E-state index contributed by atoms with van der Waals surface area (Å²) in [5.41, 5.74) is 3.87. The largest absolute Gasteiger partial charge is 0.496 e. The highest BCUT2D eigenvalue weighted by atomic mass is 19.1. The van der Waals surface area contributed by atoms with Crippen LogP contribution in [0.1, 0.15) is 17.5 Å². The molecule has 20 heavy (non-hydrogen) atoms. The molecule has 3 heteroatoms. The Labute approximate surface area is 118 Å². The van der Waals surface area contributed by atoms with Crippen molar-refractivity contribution in [2.75, 3.05) is 14.2 Å². The molecule has 0 aromatic heterocycles. The van der Waals surface area contributed by atoms with E-state index >= 15 is 0 Å². The molecule has 2 aromatic rings. The lowest BCUT2D eigenvalue weighted by Gasteiger charge is -2.16. The first-order chi connectivity index (χ1) is 9.76. The number of methoxy groups -OCH3 is 2. The van der Waals surface area contributed by atoms with Crippen molar-refractivity contribution in [1.29, 1.82) is 0 Å². The van der Waals surface area contributed by atoms with E-state index in [2.05, 4.69) is 0 Å². The smallest absolute Gasteiger partial charge is 0.130 e. The van der Waals surface area contributed by atoms with E-state index in [9.17, 15) is 4.39 Å². The van der Waals surface area contributed by atoms with Crippen LogP contribution in [0.2, 0.25) is 0 Å². The lowest BCUT2D eigenvalue weighted by Crippen LogP contribution is -1.97. The van der Waals surface area contributed by atoms with E-state index in [1.54, 1.807) is 20.3 Å². The van der Waals surface area contributed by atoms with Crippen LogP contribution < -0.4 is 9.47 Å². The van der Waals surface area contributed by atoms with Gasteiger partial charge in [0.05, 0.1) is 19.8 Å². The highest BCUT2D eigenvalue weighted by molar-refractivity contribution is 5.80. The van der Waals surface area contributed by atoms with E-state index in [1.165, 1.54) is 0 Å². The van der Waals surface area contributed by atoms with Gasteiger partial charge in [-0.1, -0.05) is 12.1 Å². The standard InChI is InChI=1S/C17H17FO2/c1-19-15-7-4-8-16(20-2)17(15)13-9-10-14(18)12-6-3-5-11(12)13/h4,7-10H,3,5-6H2,1-2H3. The summed E-state index contributed by atoms with van der Waals surface area (Å²) in [6, 6.07) is 9.08. The molecule has 2 aromatic carbocycles. The van der Waals surface area contributed by atoms with Gasteiger partial charge in [0.1, 0.15) is 17.3 Å². The van der Waals surface area contributed by atoms with Crippen molar-refractivity contribution in [1.82, 2.24) is 0 Å². The lowest BCUT2D eigenvalue weighted by atomic mass is 9.95. The predicted octanol–water partition coefficient (Wildman–Crippen LogP) is 4.00. The van der Waals surface area contributed by atoms with Crippen LogP contribution >= 0.6 is 0 Å². The quantitative estimate of drug-likeness (QED) is 0.841. The van der Waals surface area contributed by atoms with Gasteiger partial charge in [0, 0.05) is 0 Å². The van der Waals surface area contributed by atoms with Gasteiger partial charge in [0.2, 0.25) is 0 Å². The number of halogens is 1. The van der Waals surface area contributed by atoms with Crippen LogP contribution in [0.5, 0.6) is 11.5 Å². The Bertz CT molecular complexity index is 627. The lowest BCUT2D eigenvalue weighted by molar-refractivity contribution is 0.397. The summed E-state index contributed by atoms with van der Waals surface area (Å²) >= 11 is 0. The molecule has 0 fully saturated rings. The molecule has 3 rings (SSSR count). The zero-order valence-electron chi connectivity index (χ0n) is 11.7. The maximum Gasteiger partial charge on any atom is 0.130 e. The van der Waals surface area contributed by atoms with Crippen LogP contribution in [0, 0.1) is 5.82 Å². The minimum absolute atomic E-state index is 0.102. The fourth-order valence-corrected chi connectivity index (χ4v) is 3.01. The van der Waals surface area contributed by atoms with Gasteiger partial charge >= 0.3 is 0 Å². The summed E-state index contributed by atoms with van der Waals surface area (Å²) in [7, 11) is 3.28. The minimum Gasteiger partial charge on any atom is -0.496 e. The molecule has 0 saturated heterocycles. The molecule has 2 nitrogen and oxygen atoms in total. The molecular weight excluding hydrogens is 255 g/mol. The molecule has 0 N–H and O–H groups in total. The number of hydrogen-bond acceptors (Lipinski definition) is 2. The summed E-state index contributed by atoms with van der Waals surface area (Å²) in [5.74, 6) is 1.41. The molecule has 104 valence electrons. The van der Waals surface area contributed by atoms with Crippen LogP contribution in [0.4, 0.5) is 4.39 Å². The van der Waals surface area contributed by atoms with Crippen LogP contribution in [0.3, 0.4) is 0 Å². The van der Waals surface area contributed by atoms with Gasteiger partial charge in [0.15, 0.2) is 0 Å². The molecule has 0 amide bonds. The second kappa shape index (κ2) is 5.16. The first-order valence-corrected chi connectivity index (χ1v) is 6.78. The fourth-order valence-electron chi connectivity index (χ4n) is 3.01. The number of fused-ring (bicyclic) bond motifs is 1. The Morgan fingerprint density at radius 2 is 1.55 bits per heavy atom. The van der Waals surface area contributed by atoms with Crippen LogP contribution in [-0.2, 0) is 12.8 Å². The summed E-state index contributed by atoms with van der Waals surface area (Å²) in [6.07, 6.45) is 2.72. The fraction of sp³-hybridized carbons (Fsp3) is 0.294. The zero-order valence-corrected chi connectivity index (χ0v) is 11.7. The summed E-state index contributed by atoms with van der Waals surface area (Å²) < 4.78 is 24.8. The third kappa shape index (κ3) is 1.94. The van der Waals surface area contributed by atoms with Crippen molar-refractivity contribution in [2.24, 2.45) is 0 Å². The van der Waals surface area contributed by atoms with E-state index in [0.29, 0.717) is 0 Å². The first kappa shape index (κ1) is 13.0. The van der Waals surface area contributed by atoms with Gasteiger partial charge < -0.3 is 9.47 Å². The SMILES string of the molecule is COc1cccc(OC)c1-c1ccc(F)c2c1CCC2. The maximum absolute atomic E-state index is 13.9. The molecule has 0 atom stereocenters. The normalized spacial score (nSPS) is 13.2. The van der Waals surface area contributed by atoms with Gasteiger partial charge in [-0.05, 0) is 54.2 Å². The van der Waals surface area contributed by atoms with Crippen molar-refractivity contribution in [3.8, 4) is 22.6 Å². The maximum atomic E-state index is 13.9. The minimum atomic E-state index is -0.102. The molecule has 0 saturated carbocycles. The van der Waals surface area contributed by atoms with E-state index in [-0.39, 0.29) is 5.82 Å². The van der Waals surface area contributed by atoms with Gasteiger partial charge in [-0.3, -0.25) is 0 Å². The van der Waals surface area contributed by atoms with Gasteiger partial charge in [-0.25, -0.2) is 4.39 Å². The predicted molar refractivity (Wildman–Crippen MR) is 77.0 cm³/mol. The molecule has 0 heterocycles. The van der Waals surface area contributed by atoms with Crippen molar-refractivity contribution in [2.45, 2.75) is 19.3 Å². The average Bonchev–Trinajstić information content (AvgIpc) is 2.97. The zero-order chi connectivity index (χ0) is 14.1. The molecule has 1 aliphatic carbocycles. The Morgan fingerprint density at radius 1 is 0.900 bits per heavy atom. The average molecular weight is 272 g/mol. The topological polar surface area (TPSA) is 18.5 Å². The number of ether oxygens (including phenoxy) is 2. The highest BCUT2D eigenvalue weighted by Crippen LogP contribution is 2.43. The summed E-state index contributed by atoms with van der Waals surface area (Å²) in [4.78, 5) is 0. The third-order valence-corrected chi connectivity index (χ3v) is 3.92. The second-order valence-corrected chi connectivity index (χ2v) is 4.94. The van der Waals surface area contributed by atoms with Crippen molar-refractivity contribution in [3.63, 3.8) is 0 Å². The monoisotopic (exact) mass is 272 g/mol. The Balaban J connectivity index is 2.27. The molecule has 0 unspecified atom stereocenters. The third-order valence-electron chi connectivity index (χ3n) is 3.92. The van der Waals surface area contributed by atoms with Gasteiger partial charge in [-0.2, -0.15) is 0 Å². The van der Waals surface area contributed by atoms with Crippen LogP contribution in [0.25, 0.3) is 11.1 Å². The van der Waals surface area contributed by atoms with Gasteiger partial charge in [-0.15, -0.1) is 0 Å². The van der Waals surface area contributed by atoms with Gasteiger partial charge in [0.25, 0.3) is 0 Å². The molecule has 1 aliphatic rings. The highest BCUT2D eigenvalue weighted by Gasteiger charge is 2.23. The Kier molecular flexibility index (Phi) is 3.35. The van der Waals surface area contributed by atoms with Crippen LogP contribution in [-0.4, -0.2) is 14.2 Å². The number of hydrogen-bond donors (Lipinski definition) is 0. The number of rotatable bonds is 3. The van der Waals surface area contributed by atoms with E-state index in [1.807, 2.05) is 24.3 Å². The molecular formula is C17H17FO2. The number of benzene rings is 2. The second-order valence-electron chi connectivity index (χ2n) is 4.94. The summed E-state index contributed by atoms with van der Waals surface area (Å²) in [5, 5.41) is 0. The Hall–Kier alpha value is -2.03. The van der Waals surface area contributed by atoms with Crippen molar-refractivity contribution >= 4 is 0 Å². The molecule has 0 spiro atoms. The van der Waals surface area contributed by atoms with Crippen molar-refractivity contribution < 1.29 is 13.9 Å². The van der Waals surface area contributed by atoms with E-state index in [0.717, 1.165) is 53.0 Å². The Morgan fingerprint density at radius 3 is 2.20 bits per heavy atom. The van der Waals surface area contributed by atoms with Crippen LogP contribution in [0.15, 0.2) is 30.3 Å². The molecule has 0 radical (unpaired) electrons.